The van der Waals surface area contributed by atoms with Gasteiger partial charge in [0.15, 0.2) is 0 Å². The van der Waals surface area contributed by atoms with Gasteiger partial charge in [-0.15, -0.1) is 0 Å². The Labute approximate surface area is 264 Å². The zero-order chi connectivity index (χ0) is 31.3. The number of rotatable bonds is 9. The quantitative estimate of drug-likeness (QED) is 0.134. The highest BCUT2D eigenvalue weighted by molar-refractivity contribution is 14.2. The number of nitrogens with two attached hydrogens (primary N) is 1. The molecule has 0 spiro atoms. The number of hydrogen-bond acceptors (Lipinski definition) is 8. The predicted octanol–water partition coefficient (Wildman–Crippen LogP) is 5.34. The van der Waals surface area contributed by atoms with Crippen molar-refractivity contribution in [1.29, 1.82) is 0 Å². The van der Waals surface area contributed by atoms with Crippen LogP contribution in [0.2, 0.25) is 0 Å². The third-order valence-electron chi connectivity index (χ3n) is 7.53. The van der Waals surface area contributed by atoms with Gasteiger partial charge in [0.1, 0.15) is 17.5 Å². The van der Waals surface area contributed by atoms with Gasteiger partial charge in [0.05, 0.1) is 6.04 Å². The summed E-state index contributed by atoms with van der Waals surface area (Å²) in [7, 11) is 0. The van der Waals surface area contributed by atoms with Gasteiger partial charge in [-0.2, -0.15) is 4.98 Å². The number of anilines is 4. The Bertz CT molecular complexity index is 1590. The second kappa shape index (κ2) is 13.8. The van der Waals surface area contributed by atoms with Gasteiger partial charge >= 0.3 is 0 Å². The SMILES string of the molecule is C=IC(C)(F)C(=O)N1CCc2ccc(Nc3nc(Nc4cc(F)cc(F)c4)ncc3C(C=NC3CCNCC3)=CN)cc2C1. The molecule has 5 N–H and O–H groups in total. The van der Waals surface area contributed by atoms with Crippen LogP contribution < -0.4 is 21.7 Å². The Kier molecular flexibility index (Phi) is 9.93. The summed E-state index contributed by atoms with van der Waals surface area (Å²) in [5, 5.41) is 9.49. The maximum absolute atomic E-state index is 14.8. The highest BCUT2D eigenvalue weighted by atomic mass is 127. The van der Waals surface area contributed by atoms with Gasteiger partial charge in [0.2, 0.25) is 9.62 Å². The number of alkyl halides is 2. The summed E-state index contributed by atoms with van der Waals surface area (Å²) in [5.74, 6) is -1.54. The molecule has 1 saturated heterocycles. The number of nitrogens with zero attached hydrogens (tertiary/aromatic N) is 4. The number of aliphatic imine (C=N–C) groups is 1. The fraction of sp³-hybridized carbons (Fsp3) is 0.323. The van der Waals surface area contributed by atoms with Crippen LogP contribution in [0.15, 0.2) is 53.8 Å². The molecular weight excluding hydrogens is 684 g/mol. The molecule has 1 aromatic heterocycles. The van der Waals surface area contributed by atoms with Crippen LogP contribution >= 0.6 is 20.7 Å². The second-order valence-corrected chi connectivity index (χ2v) is 13.5. The van der Waals surface area contributed by atoms with Gasteiger partial charge in [0.25, 0.3) is 5.91 Å². The van der Waals surface area contributed by atoms with Crippen molar-refractivity contribution in [2.24, 2.45) is 10.7 Å². The van der Waals surface area contributed by atoms with Crippen molar-refractivity contribution in [3.8, 4) is 0 Å². The number of benzene rings is 2. The molecule has 3 aromatic rings. The van der Waals surface area contributed by atoms with E-state index < -0.39 is 41.9 Å². The van der Waals surface area contributed by atoms with E-state index in [1.165, 1.54) is 13.1 Å². The third kappa shape index (κ3) is 7.62. The number of amides is 1. The van der Waals surface area contributed by atoms with Crippen LogP contribution in [0.4, 0.5) is 36.3 Å². The van der Waals surface area contributed by atoms with E-state index in [2.05, 4.69) is 30.4 Å². The summed E-state index contributed by atoms with van der Waals surface area (Å²) < 4.78 is 44.2. The lowest BCUT2D eigenvalue weighted by Gasteiger charge is -2.32. The molecule has 44 heavy (non-hydrogen) atoms. The number of nitrogens with one attached hydrogen (secondary N) is 3. The maximum Gasteiger partial charge on any atom is 0.270 e. The van der Waals surface area contributed by atoms with E-state index >= 15 is 0 Å². The molecule has 0 bridgehead atoms. The highest BCUT2D eigenvalue weighted by Crippen LogP contribution is 2.32. The minimum atomic E-state index is -1.92. The average Bonchev–Trinajstić information content (AvgIpc) is 3.01. The van der Waals surface area contributed by atoms with Crippen LogP contribution in [-0.4, -0.2) is 60.9 Å². The van der Waals surface area contributed by atoms with Gasteiger partial charge in [-0.1, -0.05) is 31.3 Å². The Balaban J connectivity index is 1.46. The maximum atomic E-state index is 14.8. The first kappa shape index (κ1) is 31.6. The van der Waals surface area contributed by atoms with Crippen molar-refractivity contribution < 1.29 is 18.0 Å². The summed E-state index contributed by atoms with van der Waals surface area (Å²) in [6.45, 7) is 3.81. The fourth-order valence-electron chi connectivity index (χ4n) is 5.13. The van der Waals surface area contributed by atoms with Crippen molar-refractivity contribution in [3.05, 3.63) is 77.1 Å². The number of fused-ring (bicyclic) bond motifs is 1. The van der Waals surface area contributed by atoms with E-state index in [1.54, 1.807) is 17.3 Å². The van der Waals surface area contributed by atoms with Crippen LogP contribution in [-0.2, 0) is 17.8 Å². The molecule has 1 amide bonds. The Morgan fingerprint density at radius 2 is 1.91 bits per heavy atom. The molecule has 1 unspecified atom stereocenters. The lowest BCUT2D eigenvalue weighted by molar-refractivity contribution is -0.137. The lowest BCUT2D eigenvalue weighted by Crippen LogP contribution is -2.43. The molecule has 0 saturated carbocycles. The van der Waals surface area contributed by atoms with Crippen LogP contribution in [0.1, 0.15) is 36.5 Å². The van der Waals surface area contributed by atoms with Crippen molar-refractivity contribution in [2.45, 2.75) is 42.4 Å². The number of piperidine rings is 1. The van der Waals surface area contributed by atoms with E-state index in [0.717, 1.165) is 55.3 Å². The first-order valence-corrected chi connectivity index (χ1v) is 16.8. The van der Waals surface area contributed by atoms with Gasteiger partial charge in [-0.3, -0.25) is 9.79 Å². The summed E-state index contributed by atoms with van der Waals surface area (Å²) in [6, 6.07) is 8.99. The normalized spacial score (nSPS) is 17.3. The molecule has 2 aliphatic heterocycles. The number of hydrogen-bond donors (Lipinski definition) is 4. The molecule has 2 aliphatic rings. The van der Waals surface area contributed by atoms with Crippen LogP contribution in [0, 0.1) is 11.6 Å². The van der Waals surface area contributed by atoms with Crippen molar-refractivity contribution in [3.63, 3.8) is 0 Å². The smallest absolute Gasteiger partial charge is 0.270 e. The van der Waals surface area contributed by atoms with Crippen LogP contribution in [0.5, 0.6) is 0 Å². The predicted molar refractivity (Wildman–Crippen MR) is 178 cm³/mol. The summed E-state index contributed by atoms with van der Waals surface area (Å²) >= 11 is -1.17. The Morgan fingerprint density at radius 3 is 2.61 bits per heavy atom. The number of carbonyl (C=O) groups is 1. The Morgan fingerprint density at radius 1 is 1.16 bits per heavy atom. The monoisotopic (exact) mass is 718 g/mol. The van der Waals surface area contributed by atoms with Gasteiger partial charge in [-0.25, -0.2) is 18.2 Å². The molecule has 9 nitrogen and oxygen atoms in total. The minimum absolute atomic E-state index is 0.0985. The van der Waals surface area contributed by atoms with Gasteiger partial charge in [-0.05, 0) is 74.7 Å². The fourth-order valence-corrected chi connectivity index (χ4v) is 5.79. The lowest BCUT2D eigenvalue weighted by atomic mass is 9.98. The molecule has 13 heteroatoms. The minimum Gasteiger partial charge on any atom is -0.404 e. The summed E-state index contributed by atoms with van der Waals surface area (Å²) in [4.78, 5) is 28.1. The van der Waals surface area contributed by atoms with Crippen LogP contribution in [0.25, 0.3) is 5.57 Å². The molecule has 2 aromatic carbocycles. The zero-order valence-corrected chi connectivity index (χ0v) is 26.4. The molecular formula is C31H34F3IN8O. The van der Waals surface area contributed by atoms with E-state index in [-0.39, 0.29) is 24.2 Å². The van der Waals surface area contributed by atoms with Crippen molar-refractivity contribution in [1.82, 2.24) is 20.2 Å². The van der Waals surface area contributed by atoms with E-state index in [0.29, 0.717) is 35.6 Å². The standard InChI is InChI=1S/C31H34F3IN8O/c1-31(34,35-2)29(44)43-10-7-19-3-4-25(11-20(19)18-43)40-28-27(21(15-36)16-38-24-5-8-37-9-6-24)17-39-30(42-28)41-26-13-22(32)12-23(33)14-26/h3-4,11-17,24,37H,2,5-10,18,36H2,1H3,(H2,39,40,41,42). The molecule has 232 valence electrons. The molecule has 1 atom stereocenters. The molecule has 0 aliphatic carbocycles. The summed E-state index contributed by atoms with van der Waals surface area (Å²) in [5.41, 5.74) is 9.95. The average molecular weight is 719 g/mol. The van der Waals surface area contributed by atoms with E-state index in [9.17, 15) is 18.0 Å². The second-order valence-electron chi connectivity index (χ2n) is 10.7. The molecule has 1 fully saturated rings. The van der Waals surface area contributed by atoms with E-state index in [4.69, 9.17) is 10.7 Å². The van der Waals surface area contributed by atoms with E-state index in [1.807, 2.05) is 18.2 Å². The van der Waals surface area contributed by atoms with Crippen molar-refractivity contribution in [2.75, 3.05) is 30.3 Å². The number of halogens is 4. The molecule has 0 radical (unpaired) electrons. The van der Waals surface area contributed by atoms with Gasteiger partial charge < -0.3 is 26.6 Å². The zero-order valence-electron chi connectivity index (χ0n) is 24.2. The molecule has 3 heterocycles. The number of allylic oxidation sites excluding steroid dienone is 1. The first-order chi connectivity index (χ1) is 21.1. The first-order valence-electron chi connectivity index (χ1n) is 14.2. The Hall–Kier alpha value is -3.85. The van der Waals surface area contributed by atoms with Crippen molar-refractivity contribution >= 4 is 66.1 Å². The molecule has 5 rings (SSSR count). The summed E-state index contributed by atoms with van der Waals surface area (Å²) in [6.07, 6.45) is 7.13. The topological polar surface area (TPSA) is 121 Å². The largest absolute Gasteiger partial charge is 0.404 e. The van der Waals surface area contributed by atoms with Crippen LogP contribution in [0.3, 0.4) is 0 Å². The third-order valence-corrected chi connectivity index (χ3v) is 9.42. The highest BCUT2D eigenvalue weighted by Gasteiger charge is 2.36. The van der Waals surface area contributed by atoms with Gasteiger partial charge in [0, 0.05) is 60.3 Å². The number of aromatic nitrogens is 2. The number of carbonyl (C=O) groups excluding carboxylic acids is 1.